The number of hydrogen-bond donors (Lipinski definition) is 1. The summed E-state index contributed by atoms with van der Waals surface area (Å²) in [5, 5.41) is 3.09. The number of hydrogen-bond acceptors (Lipinski definition) is 3. The molecule has 5 nitrogen and oxygen atoms in total. The minimum atomic E-state index is 0.0369. The zero-order valence-electron chi connectivity index (χ0n) is 9.72. The summed E-state index contributed by atoms with van der Waals surface area (Å²) in [6.07, 6.45) is 8.04. The predicted octanol–water partition coefficient (Wildman–Crippen LogP) is 1.44. The van der Waals surface area contributed by atoms with Gasteiger partial charge < -0.3 is 10.2 Å². The first kappa shape index (κ1) is 10.5. The number of carbonyl (C=O) groups excluding carboxylic acids is 1. The summed E-state index contributed by atoms with van der Waals surface area (Å²) in [4.78, 5) is 22.0. The third-order valence-corrected chi connectivity index (χ3v) is 3.55. The number of nitrogens with zero attached hydrogens (tertiary/aromatic N) is 3. The maximum Gasteiger partial charge on any atom is 0.318 e. The van der Waals surface area contributed by atoms with Crippen molar-refractivity contribution in [2.24, 2.45) is 0 Å². The molecule has 0 spiro atoms. The van der Waals surface area contributed by atoms with Crippen LogP contribution in [0.2, 0.25) is 0 Å². The molecule has 2 aliphatic rings. The number of nitrogens with one attached hydrogen (secondary N) is 1. The second-order valence-corrected chi connectivity index (χ2v) is 4.78. The molecule has 1 aliphatic carbocycles. The highest BCUT2D eigenvalue weighted by atomic mass is 16.2. The van der Waals surface area contributed by atoms with Crippen LogP contribution in [0.3, 0.4) is 0 Å². The van der Waals surface area contributed by atoms with Crippen molar-refractivity contribution in [1.82, 2.24) is 20.2 Å². The molecule has 2 heterocycles. The van der Waals surface area contributed by atoms with Gasteiger partial charge in [0.05, 0.1) is 18.8 Å². The molecule has 17 heavy (non-hydrogen) atoms. The molecule has 0 unspecified atom stereocenters. The number of aromatic nitrogens is 2. The minimum absolute atomic E-state index is 0.0369. The van der Waals surface area contributed by atoms with Crippen LogP contribution in [0.15, 0.2) is 12.5 Å². The van der Waals surface area contributed by atoms with Crippen molar-refractivity contribution in [3.05, 3.63) is 23.8 Å². The highest BCUT2D eigenvalue weighted by Crippen LogP contribution is 2.21. The molecule has 0 bridgehead atoms. The average molecular weight is 232 g/mol. The van der Waals surface area contributed by atoms with E-state index in [4.69, 9.17) is 0 Å². The summed E-state index contributed by atoms with van der Waals surface area (Å²) in [6.45, 7) is 1.24. The second-order valence-electron chi connectivity index (χ2n) is 4.78. The second kappa shape index (κ2) is 4.31. The third kappa shape index (κ3) is 2.09. The number of fused-ring (bicyclic) bond motifs is 1. The molecule has 1 aromatic rings. The van der Waals surface area contributed by atoms with E-state index in [2.05, 4.69) is 15.3 Å². The van der Waals surface area contributed by atoms with Gasteiger partial charge in [-0.1, -0.05) is 12.8 Å². The molecule has 0 atom stereocenters. The van der Waals surface area contributed by atoms with Gasteiger partial charge in [0.1, 0.15) is 6.33 Å². The molecule has 1 fully saturated rings. The Kier molecular flexibility index (Phi) is 2.66. The van der Waals surface area contributed by atoms with Gasteiger partial charge in [-0.3, -0.25) is 0 Å². The van der Waals surface area contributed by atoms with Gasteiger partial charge in [0.25, 0.3) is 0 Å². The fourth-order valence-corrected chi connectivity index (χ4v) is 2.58. The van der Waals surface area contributed by atoms with Crippen LogP contribution in [0.25, 0.3) is 0 Å². The lowest BCUT2D eigenvalue weighted by atomic mass is 10.2. The molecule has 1 aliphatic heterocycles. The van der Waals surface area contributed by atoms with Crippen LogP contribution in [0.4, 0.5) is 4.79 Å². The molecule has 3 rings (SSSR count). The van der Waals surface area contributed by atoms with Crippen LogP contribution in [0.5, 0.6) is 0 Å². The maximum atomic E-state index is 12.0. The number of carbonyl (C=O) groups is 1. The zero-order valence-corrected chi connectivity index (χ0v) is 9.72. The highest BCUT2D eigenvalue weighted by Gasteiger charge is 2.26. The SMILES string of the molecule is O=C(NC1CCCC1)N1Cc2cncnc2C1. The first-order valence-corrected chi connectivity index (χ1v) is 6.16. The van der Waals surface area contributed by atoms with E-state index in [0.29, 0.717) is 19.1 Å². The van der Waals surface area contributed by atoms with E-state index in [1.807, 2.05) is 0 Å². The van der Waals surface area contributed by atoms with E-state index in [0.717, 1.165) is 24.1 Å². The molecular weight excluding hydrogens is 216 g/mol. The lowest BCUT2D eigenvalue weighted by Gasteiger charge is -2.19. The smallest absolute Gasteiger partial charge is 0.318 e. The topological polar surface area (TPSA) is 58.1 Å². The fraction of sp³-hybridized carbons (Fsp3) is 0.583. The van der Waals surface area contributed by atoms with Crippen molar-refractivity contribution in [3.63, 3.8) is 0 Å². The quantitative estimate of drug-likeness (QED) is 0.797. The van der Waals surface area contributed by atoms with Crippen molar-refractivity contribution < 1.29 is 4.79 Å². The van der Waals surface area contributed by atoms with Gasteiger partial charge >= 0.3 is 6.03 Å². The first-order valence-electron chi connectivity index (χ1n) is 6.16. The van der Waals surface area contributed by atoms with Gasteiger partial charge in [-0.2, -0.15) is 0 Å². The van der Waals surface area contributed by atoms with Crippen molar-refractivity contribution in [3.8, 4) is 0 Å². The van der Waals surface area contributed by atoms with Crippen molar-refractivity contribution in [1.29, 1.82) is 0 Å². The molecule has 1 saturated carbocycles. The molecule has 0 radical (unpaired) electrons. The van der Waals surface area contributed by atoms with E-state index in [-0.39, 0.29) is 6.03 Å². The number of urea groups is 1. The average Bonchev–Trinajstić information content (AvgIpc) is 2.96. The van der Waals surface area contributed by atoms with Crippen molar-refractivity contribution in [2.45, 2.75) is 44.8 Å². The summed E-state index contributed by atoms with van der Waals surface area (Å²) in [7, 11) is 0. The van der Waals surface area contributed by atoms with Crippen LogP contribution in [0, 0.1) is 0 Å². The Morgan fingerprint density at radius 3 is 2.94 bits per heavy atom. The summed E-state index contributed by atoms with van der Waals surface area (Å²) < 4.78 is 0. The van der Waals surface area contributed by atoms with Crippen molar-refractivity contribution >= 4 is 6.03 Å². The monoisotopic (exact) mass is 232 g/mol. The summed E-state index contributed by atoms with van der Waals surface area (Å²) in [6, 6.07) is 0.409. The lowest BCUT2D eigenvalue weighted by Crippen LogP contribution is -2.41. The maximum absolute atomic E-state index is 12.0. The van der Waals surface area contributed by atoms with E-state index < -0.39 is 0 Å². The standard InChI is InChI=1S/C12H16N4O/c17-12(15-10-3-1-2-4-10)16-6-9-5-13-8-14-11(9)7-16/h5,8,10H,1-4,6-7H2,(H,15,17). The van der Waals surface area contributed by atoms with Gasteiger partial charge in [-0.25, -0.2) is 14.8 Å². The molecule has 1 N–H and O–H groups in total. The molecule has 1 aromatic heterocycles. The van der Waals surface area contributed by atoms with Crippen LogP contribution < -0.4 is 5.32 Å². The van der Waals surface area contributed by atoms with E-state index >= 15 is 0 Å². The van der Waals surface area contributed by atoms with Crippen LogP contribution in [-0.4, -0.2) is 26.9 Å². The van der Waals surface area contributed by atoms with Gasteiger partial charge in [0.2, 0.25) is 0 Å². The Balaban J connectivity index is 1.62. The molecule has 0 aromatic carbocycles. The highest BCUT2D eigenvalue weighted by molar-refractivity contribution is 5.75. The number of rotatable bonds is 1. The summed E-state index contributed by atoms with van der Waals surface area (Å²) in [5.74, 6) is 0. The first-order chi connectivity index (χ1) is 8.33. The van der Waals surface area contributed by atoms with Crippen LogP contribution in [-0.2, 0) is 13.1 Å². The number of amides is 2. The minimum Gasteiger partial charge on any atom is -0.335 e. The molecule has 5 heteroatoms. The van der Waals surface area contributed by atoms with E-state index in [9.17, 15) is 4.79 Å². The Morgan fingerprint density at radius 1 is 1.35 bits per heavy atom. The Morgan fingerprint density at radius 2 is 2.18 bits per heavy atom. The fourth-order valence-electron chi connectivity index (χ4n) is 2.58. The van der Waals surface area contributed by atoms with Gasteiger partial charge in [-0.15, -0.1) is 0 Å². The van der Waals surface area contributed by atoms with Gasteiger partial charge in [0.15, 0.2) is 0 Å². The molecule has 2 amide bonds. The normalized spacial score (nSPS) is 19.4. The Hall–Kier alpha value is -1.65. The predicted molar refractivity (Wildman–Crippen MR) is 62.1 cm³/mol. The summed E-state index contributed by atoms with van der Waals surface area (Å²) in [5.41, 5.74) is 2.04. The van der Waals surface area contributed by atoms with E-state index in [1.165, 1.54) is 19.2 Å². The van der Waals surface area contributed by atoms with Crippen molar-refractivity contribution in [2.75, 3.05) is 0 Å². The van der Waals surface area contributed by atoms with Crippen LogP contribution >= 0.6 is 0 Å². The van der Waals surface area contributed by atoms with Gasteiger partial charge in [0, 0.05) is 17.8 Å². The summed E-state index contributed by atoms with van der Waals surface area (Å²) >= 11 is 0. The Labute approximate surface area is 100 Å². The Bertz CT molecular complexity index is 403. The molecule has 0 saturated heterocycles. The largest absolute Gasteiger partial charge is 0.335 e. The third-order valence-electron chi connectivity index (χ3n) is 3.55. The van der Waals surface area contributed by atoms with Crippen LogP contribution in [0.1, 0.15) is 36.9 Å². The molecular formula is C12H16N4O. The lowest BCUT2D eigenvalue weighted by molar-refractivity contribution is 0.194. The van der Waals surface area contributed by atoms with Gasteiger partial charge in [-0.05, 0) is 12.8 Å². The van der Waals surface area contributed by atoms with E-state index in [1.54, 1.807) is 11.1 Å². The molecule has 90 valence electrons. The zero-order chi connectivity index (χ0) is 11.7.